The smallest absolute Gasteiger partial charge is 0.189 e. The molecule has 0 fully saturated rings. The highest BCUT2D eigenvalue weighted by atomic mass is 35.5. The van der Waals surface area contributed by atoms with Crippen molar-refractivity contribution in [3.8, 4) is 0 Å². The van der Waals surface area contributed by atoms with Gasteiger partial charge in [-0.3, -0.25) is 4.79 Å². The van der Waals surface area contributed by atoms with Crippen LogP contribution < -0.4 is 5.43 Å². The van der Waals surface area contributed by atoms with Gasteiger partial charge in [-0.2, -0.15) is 0 Å². The number of nitrogens with one attached hydrogen (secondary N) is 1. The van der Waals surface area contributed by atoms with E-state index in [2.05, 4.69) is 18.8 Å². The van der Waals surface area contributed by atoms with E-state index in [0.717, 1.165) is 23.2 Å². The van der Waals surface area contributed by atoms with Gasteiger partial charge in [-0.1, -0.05) is 25.4 Å². The summed E-state index contributed by atoms with van der Waals surface area (Å²) in [5.74, 6) is 0.524. The molecule has 0 bridgehead atoms. The van der Waals surface area contributed by atoms with Gasteiger partial charge in [0.15, 0.2) is 5.43 Å². The van der Waals surface area contributed by atoms with Crippen molar-refractivity contribution in [3.63, 3.8) is 0 Å². The molecule has 1 aromatic carbocycles. The summed E-state index contributed by atoms with van der Waals surface area (Å²) in [4.78, 5) is 15.3. The van der Waals surface area contributed by atoms with E-state index in [-0.39, 0.29) is 5.43 Å². The summed E-state index contributed by atoms with van der Waals surface area (Å²) in [6, 6.07) is 5.28. The highest BCUT2D eigenvalue weighted by Crippen LogP contribution is 2.20. The summed E-state index contributed by atoms with van der Waals surface area (Å²) < 4.78 is 0. The lowest BCUT2D eigenvalue weighted by atomic mass is 10.0. The minimum Gasteiger partial charge on any atom is -0.358 e. The Balaban J connectivity index is 2.69. The van der Waals surface area contributed by atoms with Gasteiger partial charge in [0.2, 0.25) is 0 Å². The van der Waals surface area contributed by atoms with Crippen LogP contribution in [0.3, 0.4) is 0 Å². The van der Waals surface area contributed by atoms with Gasteiger partial charge in [-0.25, -0.2) is 0 Å². The summed E-state index contributed by atoms with van der Waals surface area (Å²) >= 11 is 5.97. The highest BCUT2D eigenvalue weighted by Gasteiger charge is 2.07. The zero-order chi connectivity index (χ0) is 12.6. The molecule has 0 unspecified atom stereocenters. The maximum absolute atomic E-state index is 12.0. The Labute approximate surface area is 106 Å². The minimum atomic E-state index is 0.0417. The molecule has 0 spiro atoms. The van der Waals surface area contributed by atoms with Gasteiger partial charge in [0.25, 0.3) is 0 Å². The largest absolute Gasteiger partial charge is 0.358 e. The fraction of sp³-hybridized carbons (Fsp3) is 0.357. The van der Waals surface area contributed by atoms with E-state index < -0.39 is 0 Å². The van der Waals surface area contributed by atoms with E-state index in [1.165, 1.54) is 0 Å². The standard InChI is InChI=1S/C14H16ClNO/c1-8(2)4-11-7-13(17)12-6-10(15)5-9(3)14(12)16-11/h5-8H,4H2,1-3H3,(H,16,17). The zero-order valence-electron chi connectivity index (χ0n) is 10.3. The fourth-order valence-electron chi connectivity index (χ4n) is 2.09. The maximum Gasteiger partial charge on any atom is 0.189 e. The van der Waals surface area contributed by atoms with Crippen molar-refractivity contribution in [1.82, 2.24) is 4.98 Å². The van der Waals surface area contributed by atoms with Crippen LogP contribution in [0.5, 0.6) is 0 Å². The van der Waals surface area contributed by atoms with E-state index >= 15 is 0 Å². The third kappa shape index (κ3) is 2.52. The molecule has 1 aromatic heterocycles. The number of aryl methyl sites for hydroxylation is 1. The summed E-state index contributed by atoms with van der Waals surface area (Å²) in [6.07, 6.45) is 0.882. The van der Waals surface area contributed by atoms with Crippen molar-refractivity contribution in [2.45, 2.75) is 27.2 Å². The Bertz CT molecular complexity index is 613. The maximum atomic E-state index is 12.0. The number of H-pyrrole nitrogens is 1. The van der Waals surface area contributed by atoms with Crippen LogP contribution >= 0.6 is 11.6 Å². The second-order valence-electron chi connectivity index (χ2n) is 4.90. The van der Waals surface area contributed by atoms with Crippen LogP contribution in [0.1, 0.15) is 25.1 Å². The summed E-state index contributed by atoms with van der Waals surface area (Å²) in [5.41, 5.74) is 2.94. The van der Waals surface area contributed by atoms with E-state index in [0.29, 0.717) is 16.3 Å². The molecule has 1 N–H and O–H groups in total. The zero-order valence-corrected chi connectivity index (χ0v) is 11.1. The third-order valence-corrected chi connectivity index (χ3v) is 3.00. The Hall–Kier alpha value is -1.28. The van der Waals surface area contributed by atoms with Gasteiger partial charge in [-0.15, -0.1) is 0 Å². The molecule has 0 aliphatic rings. The molecule has 2 nitrogen and oxygen atoms in total. The van der Waals surface area contributed by atoms with Gasteiger partial charge in [0.1, 0.15) is 0 Å². The first kappa shape index (κ1) is 12.2. The molecule has 0 aliphatic carbocycles. The Kier molecular flexibility index (Phi) is 3.25. The van der Waals surface area contributed by atoms with E-state index in [9.17, 15) is 4.79 Å². The summed E-state index contributed by atoms with van der Waals surface area (Å²) in [5, 5.41) is 1.28. The molecule has 0 saturated heterocycles. The Morgan fingerprint density at radius 1 is 1.29 bits per heavy atom. The molecule has 0 atom stereocenters. The first-order valence-electron chi connectivity index (χ1n) is 5.79. The number of hydrogen-bond donors (Lipinski definition) is 1. The molecule has 2 aromatic rings. The number of fused-ring (bicyclic) bond motifs is 1. The third-order valence-electron chi connectivity index (χ3n) is 2.78. The van der Waals surface area contributed by atoms with Gasteiger partial charge in [-0.05, 0) is 37.0 Å². The molecule has 17 heavy (non-hydrogen) atoms. The van der Waals surface area contributed by atoms with Crippen molar-refractivity contribution >= 4 is 22.5 Å². The summed E-state index contributed by atoms with van der Waals surface area (Å²) in [7, 11) is 0. The molecule has 1 heterocycles. The number of hydrogen-bond acceptors (Lipinski definition) is 1. The molecule has 0 saturated carbocycles. The second kappa shape index (κ2) is 4.53. The van der Waals surface area contributed by atoms with E-state index in [1.807, 2.05) is 13.0 Å². The topological polar surface area (TPSA) is 32.9 Å². The number of aromatic nitrogens is 1. The number of aromatic amines is 1. The lowest BCUT2D eigenvalue weighted by Gasteiger charge is -2.09. The first-order chi connectivity index (χ1) is 7.97. The van der Waals surface area contributed by atoms with Crippen molar-refractivity contribution < 1.29 is 0 Å². The quantitative estimate of drug-likeness (QED) is 0.865. The predicted molar refractivity (Wildman–Crippen MR) is 72.9 cm³/mol. The highest BCUT2D eigenvalue weighted by molar-refractivity contribution is 6.31. The van der Waals surface area contributed by atoms with Crippen LogP contribution in [0.2, 0.25) is 5.02 Å². The number of benzene rings is 1. The molecule has 0 amide bonds. The number of halogens is 1. The molecule has 0 radical (unpaired) electrons. The van der Waals surface area contributed by atoms with Crippen molar-refractivity contribution in [2.24, 2.45) is 5.92 Å². The molecule has 2 rings (SSSR count). The van der Waals surface area contributed by atoms with Gasteiger partial charge < -0.3 is 4.98 Å². The molecular weight excluding hydrogens is 234 g/mol. The van der Waals surface area contributed by atoms with Crippen molar-refractivity contribution in [1.29, 1.82) is 0 Å². The van der Waals surface area contributed by atoms with Gasteiger partial charge in [0.05, 0.1) is 5.52 Å². The molecule has 0 aliphatic heterocycles. The fourth-order valence-corrected chi connectivity index (χ4v) is 2.36. The average Bonchev–Trinajstić information content (AvgIpc) is 2.19. The number of pyridine rings is 1. The lowest BCUT2D eigenvalue weighted by molar-refractivity contribution is 0.636. The van der Waals surface area contributed by atoms with Gasteiger partial charge in [0, 0.05) is 22.2 Å². The predicted octanol–water partition coefficient (Wildman–Crippen LogP) is 3.69. The SMILES string of the molecule is Cc1cc(Cl)cc2c(=O)cc(CC(C)C)[nH]c12. The monoisotopic (exact) mass is 249 g/mol. The van der Waals surface area contributed by atoms with Crippen LogP contribution in [-0.2, 0) is 6.42 Å². The van der Waals surface area contributed by atoms with Gasteiger partial charge >= 0.3 is 0 Å². The first-order valence-corrected chi connectivity index (χ1v) is 6.17. The van der Waals surface area contributed by atoms with E-state index in [4.69, 9.17) is 11.6 Å². The van der Waals surface area contributed by atoms with Crippen LogP contribution in [0.25, 0.3) is 10.9 Å². The van der Waals surface area contributed by atoms with Crippen LogP contribution in [0.15, 0.2) is 23.0 Å². The second-order valence-corrected chi connectivity index (χ2v) is 5.34. The number of rotatable bonds is 2. The van der Waals surface area contributed by atoms with Crippen LogP contribution in [0, 0.1) is 12.8 Å². The molecule has 3 heteroatoms. The Morgan fingerprint density at radius 3 is 2.65 bits per heavy atom. The minimum absolute atomic E-state index is 0.0417. The van der Waals surface area contributed by atoms with Crippen LogP contribution in [0.4, 0.5) is 0 Å². The van der Waals surface area contributed by atoms with E-state index in [1.54, 1.807) is 12.1 Å². The molecular formula is C14H16ClNO. The Morgan fingerprint density at radius 2 is 2.00 bits per heavy atom. The lowest BCUT2D eigenvalue weighted by Crippen LogP contribution is -2.08. The van der Waals surface area contributed by atoms with Crippen molar-refractivity contribution in [3.05, 3.63) is 44.7 Å². The molecule has 90 valence electrons. The van der Waals surface area contributed by atoms with Crippen LogP contribution in [-0.4, -0.2) is 4.98 Å². The average molecular weight is 250 g/mol. The summed E-state index contributed by atoms with van der Waals surface area (Å²) in [6.45, 7) is 6.23. The van der Waals surface area contributed by atoms with Crippen molar-refractivity contribution in [2.75, 3.05) is 0 Å². The normalized spacial score (nSPS) is 11.4.